The van der Waals surface area contributed by atoms with Crippen LogP contribution in [0.15, 0.2) is 41.6 Å². The summed E-state index contributed by atoms with van der Waals surface area (Å²) >= 11 is 1.74. The molecule has 3 aromatic rings. The van der Waals surface area contributed by atoms with Crippen LogP contribution in [0, 0.1) is 6.92 Å². The standard InChI is InChI=1S/C20H23N3O3S/c1-3-10-24-19-12-16(26-22-19)13-23-8-5-15(6-9-23)25-18-4-7-21-17-11-14(2)27-20(17)18/h3-4,7,11-12,15H,1,5-6,8-10,13H2,2H3. The zero-order valence-electron chi connectivity index (χ0n) is 15.4. The molecule has 6 nitrogen and oxygen atoms in total. The summed E-state index contributed by atoms with van der Waals surface area (Å²) in [4.78, 5) is 8.04. The summed E-state index contributed by atoms with van der Waals surface area (Å²) in [6.07, 6.45) is 5.72. The maximum absolute atomic E-state index is 6.31. The van der Waals surface area contributed by atoms with E-state index in [2.05, 4.69) is 34.6 Å². The van der Waals surface area contributed by atoms with Gasteiger partial charge in [0, 0.05) is 30.2 Å². The Morgan fingerprint density at radius 2 is 2.22 bits per heavy atom. The molecule has 7 heteroatoms. The van der Waals surface area contributed by atoms with Crippen LogP contribution < -0.4 is 9.47 Å². The largest absolute Gasteiger partial charge is 0.489 e. The van der Waals surface area contributed by atoms with Crippen LogP contribution in [0.5, 0.6) is 11.6 Å². The minimum Gasteiger partial charge on any atom is -0.489 e. The molecule has 1 aliphatic heterocycles. The van der Waals surface area contributed by atoms with Crippen LogP contribution in [-0.2, 0) is 6.54 Å². The molecule has 0 aliphatic carbocycles. The Bertz CT molecular complexity index is 912. The van der Waals surface area contributed by atoms with Crippen LogP contribution >= 0.6 is 11.3 Å². The van der Waals surface area contributed by atoms with E-state index in [0.717, 1.165) is 54.2 Å². The molecule has 0 amide bonds. The summed E-state index contributed by atoms with van der Waals surface area (Å²) < 4.78 is 18.2. The molecule has 0 aromatic carbocycles. The van der Waals surface area contributed by atoms with Crippen molar-refractivity contribution in [2.45, 2.75) is 32.4 Å². The maximum atomic E-state index is 6.31. The molecule has 0 radical (unpaired) electrons. The van der Waals surface area contributed by atoms with Gasteiger partial charge in [0.05, 0.1) is 16.8 Å². The van der Waals surface area contributed by atoms with Crippen molar-refractivity contribution in [2.75, 3.05) is 19.7 Å². The molecule has 0 unspecified atom stereocenters. The first-order valence-electron chi connectivity index (χ1n) is 9.14. The highest BCUT2D eigenvalue weighted by Gasteiger charge is 2.22. The van der Waals surface area contributed by atoms with Gasteiger partial charge in [-0.2, -0.15) is 0 Å². The zero-order chi connectivity index (χ0) is 18.6. The van der Waals surface area contributed by atoms with Crippen LogP contribution in [0.1, 0.15) is 23.5 Å². The van der Waals surface area contributed by atoms with E-state index in [1.165, 1.54) is 4.88 Å². The third-order valence-electron chi connectivity index (χ3n) is 4.59. The molecule has 4 rings (SSSR count). The molecule has 0 saturated carbocycles. The van der Waals surface area contributed by atoms with Gasteiger partial charge in [0.1, 0.15) is 18.5 Å². The topological polar surface area (TPSA) is 60.6 Å². The van der Waals surface area contributed by atoms with E-state index in [1.807, 2.05) is 18.3 Å². The van der Waals surface area contributed by atoms with Gasteiger partial charge >= 0.3 is 0 Å². The van der Waals surface area contributed by atoms with Gasteiger partial charge in [0.15, 0.2) is 5.76 Å². The van der Waals surface area contributed by atoms with Crippen molar-refractivity contribution in [1.82, 2.24) is 15.0 Å². The fourth-order valence-corrected chi connectivity index (χ4v) is 4.22. The monoisotopic (exact) mass is 385 g/mol. The van der Waals surface area contributed by atoms with E-state index in [0.29, 0.717) is 12.5 Å². The second kappa shape index (κ2) is 8.10. The lowest BCUT2D eigenvalue weighted by Crippen LogP contribution is -2.37. The smallest absolute Gasteiger partial charge is 0.254 e. The Hall–Kier alpha value is -2.38. The van der Waals surface area contributed by atoms with Gasteiger partial charge in [-0.05, 0) is 37.1 Å². The molecule has 0 N–H and O–H groups in total. The maximum Gasteiger partial charge on any atom is 0.254 e. The van der Waals surface area contributed by atoms with E-state index < -0.39 is 0 Å². The number of nitrogens with zero attached hydrogens (tertiary/aromatic N) is 3. The zero-order valence-corrected chi connectivity index (χ0v) is 16.2. The minimum absolute atomic E-state index is 0.232. The number of hydrogen-bond donors (Lipinski definition) is 0. The van der Waals surface area contributed by atoms with Crippen molar-refractivity contribution in [3.63, 3.8) is 0 Å². The second-order valence-corrected chi connectivity index (χ2v) is 7.96. The van der Waals surface area contributed by atoms with Crippen LogP contribution in [-0.4, -0.2) is 40.8 Å². The lowest BCUT2D eigenvalue weighted by atomic mass is 10.1. The summed E-state index contributed by atoms with van der Waals surface area (Å²) in [6, 6.07) is 5.93. The summed E-state index contributed by atoms with van der Waals surface area (Å²) in [5.74, 6) is 2.28. The minimum atomic E-state index is 0.232. The van der Waals surface area contributed by atoms with Gasteiger partial charge < -0.3 is 14.0 Å². The van der Waals surface area contributed by atoms with E-state index >= 15 is 0 Å². The Kier molecular flexibility index (Phi) is 5.40. The number of fused-ring (bicyclic) bond motifs is 1. The lowest BCUT2D eigenvalue weighted by Gasteiger charge is -2.31. The fourth-order valence-electron chi connectivity index (χ4n) is 3.29. The van der Waals surface area contributed by atoms with Crippen LogP contribution in [0.4, 0.5) is 0 Å². The fraction of sp³-hybridized carbons (Fsp3) is 0.400. The average Bonchev–Trinajstić information content (AvgIpc) is 3.27. The van der Waals surface area contributed by atoms with Crippen LogP contribution in [0.3, 0.4) is 0 Å². The highest BCUT2D eigenvalue weighted by atomic mass is 32.1. The quantitative estimate of drug-likeness (QED) is 0.568. The van der Waals surface area contributed by atoms with Gasteiger partial charge in [0.2, 0.25) is 0 Å². The molecular formula is C20H23N3O3S. The lowest BCUT2D eigenvalue weighted by molar-refractivity contribution is 0.0926. The Balaban J connectivity index is 1.31. The number of aromatic nitrogens is 2. The van der Waals surface area contributed by atoms with Crippen LogP contribution in [0.25, 0.3) is 10.2 Å². The first-order chi connectivity index (χ1) is 13.2. The van der Waals surface area contributed by atoms with Gasteiger partial charge in [-0.15, -0.1) is 11.3 Å². The summed E-state index contributed by atoms with van der Waals surface area (Å²) in [7, 11) is 0. The molecular weight excluding hydrogens is 362 g/mol. The molecule has 142 valence electrons. The Morgan fingerprint density at radius 3 is 3.04 bits per heavy atom. The number of rotatable bonds is 7. The van der Waals surface area contributed by atoms with Crippen molar-refractivity contribution in [3.05, 3.63) is 47.7 Å². The van der Waals surface area contributed by atoms with Crippen LogP contribution in [0.2, 0.25) is 0 Å². The Labute approximate surface area is 162 Å². The van der Waals surface area contributed by atoms with Gasteiger partial charge in [-0.1, -0.05) is 12.7 Å². The summed E-state index contributed by atoms with van der Waals surface area (Å²) in [5.41, 5.74) is 1.02. The molecule has 0 spiro atoms. The predicted octanol–water partition coefficient (Wildman–Crippen LogP) is 4.20. The molecule has 0 atom stereocenters. The first kappa shape index (κ1) is 18.0. The second-order valence-electron chi connectivity index (χ2n) is 6.71. The molecule has 0 bridgehead atoms. The SMILES string of the molecule is C=CCOc1cc(CN2CCC(Oc3ccnc4cc(C)sc34)CC2)on1. The van der Waals surface area contributed by atoms with Crippen molar-refractivity contribution < 1.29 is 14.0 Å². The summed E-state index contributed by atoms with van der Waals surface area (Å²) in [6.45, 7) is 8.82. The number of aryl methyl sites for hydroxylation is 1. The number of likely N-dealkylation sites (tertiary alicyclic amines) is 1. The van der Waals surface area contributed by atoms with E-state index in [-0.39, 0.29) is 6.10 Å². The normalized spacial score (nSPS) is 15.9. The number of piperidine rings is 1. The van der Waals surface area contributed by atoms with E-state index in [1.54, 1.807) is 17.4 Å². The highest BCUT2D eigenvalue weighted by Crippen LogP contribution is 2.33. The molecule has 1 saturated heterocycles. The van der Waals surface area contributed by atoms with Crippen molar-refractivity contribution in [1.29, 1.82) is 0 Å². The molecule has 1 aliphatic rings. The number of hydrogen-bond acceptors (Lipinski definition) is 7. The average molecular weight is 385 g/mol. The third-order valence-corrected chi connectivity index (χ3v) is 5.65. The van der Waals surface area contributed by atoms with Crippen molar-refractivity contribution in [3.8, 4) is 11.6 Å². The highest BCUT2D eigenvalue weighted by molar-refractivity contribution is 7.19. The predicted molar refractivity (Wildman–Crippen MR) is 105 cm³/mol. The molecule has 27 heavy (non-hydrogen) atoms. The number of ether oxygens (including phenoxy) is 2. The molecule has 1 fully saturated rings. The van der Waals surface area contributed by atoms with E-state index in [4.69, 9.17) is 14.0 Å². The first-order valence-corrected chi connectivity index (χ1v) is 9.96. The molecule has 3 aromatic heterocycles. The van der Waals surface area contributed by atoms with Gasteiger partial charge in [0.25, 0.3) is 5.88 Å². The summed E-state index contributed by atoms with van der Waals surface area (Å²) in [5, 5.41) is 3.92. The van der Waals surface area contributed by atoms with Crippen molar-refractivity contribution >= 4 is 21.6 Å². The third kappa shape index (κ3) is 4.31. The number of thiophene rings is 1. The van der Waals surface area contributed by atoms with Gasteiger partial charge in [-0.3, -0.25) is 9.88 Å². The van der Waals surface area contributed by atoms with Gasteiger partial charge in [-0.25, -0.2) is 0 Å². The molecule has 4 heterocycles. The van der Waals surface area contributed by atoms with Crippen molar-refractivity contribution in [2.24, 2.45) is 0 Å². The number of pyridine rings is 1. The van der Waals surface area contributed by atoms with E-state index in [9.17, 15) is 0 Å². The Morgan fingerprint density at radius 1 is 1.37 bits per heavy atom.